The van der Waals surface area contributed by atoms with Gasteiger partial charge in [-0.3, -0.25) is 0 Å². The van der Waals surface area contributed by atoms with E-state index in [0.717, 1.165) is 0 Å². The lowest BCUT2D eigenvalue weighted by Crippen LogP contribution is -2.04. The van der Waals surface area contributed by atoms with Crippen LogP contribution in [-0.2, 0) is 12.8 Å². The summed E-state index contributed by atoms with van der Waals surface area (Å²) >= 11 is 0. The zero-order valence-corrected chi connectivity index (χ0v) is 9.22. The highest BCUT2D eigenvalue weighted by atomic mass is 16.3. The lowest BCUT2D eigenvalue weighted by atomic mass is 9.89. The number of allylic oxidation sites excluding steroid dienone is 1. The molecule has 3 rings (SSSR count). The highest BCUT2D eigenvalue weighted by molar-refractivity contribution is 5.36. The van der Waals surface area contributed by atoms with Crippen LogP contribution in [0.5, 0.6) is 0 Å². The molecule has 0 aromatic carbocycles. The van der Waals surface area contributed by atoms with Crippen LogP contribution in [0.2, 0.25) is 0 Å². The average Bonchev–Trinajstić information content (AvgIpc) is 2.83. The molecule has 0 N–H and O–H groups in total. The van der Waals surface area contributed by atoms with Crippen molar-refractivity contribution in [2.45, 2.75) is 50.9 Å². The van der Waals surface area contributed by atoms with Gasteiger partial charge in [0.25, 0.3) is 0 Å². The molecule has 1 unspecified atom stereocenters. The summed E-state index contributed by atoms with van der Waals surface area (Å²) in [6, 6.07) is 0. The Kier molecular flexibility index (Phi) is 2.19. The molecule has 15 heavy (non-hydrogen) atoms. The first-order chi connectivity index (χ1) is 7.36. The molecule has 1 nitrogen and oxygen atoms in total. The van der Waals surface area contributed by atoms with Crippen molar-refractivity contribution in [3.8, 4) is 0 Å². The molecule has 1 aromatic rings. The molecular formula is C14H18O. The zero-order chi connectivity index (χ0) is 10.3. The van der Waals surface area contributed by atoms with Gasteiger partial charge in [0.15, 0.2) is 0 Å². The Labute approximate surface area is 91.2 Å². The standard InChI is InChI=1S/C14H18O/c1-10-5-4-8-12(10)14-13-7-3-2-6-11(13)9-15-14/h9,12H,1-8H2. The van der Waals surface area contributed by atoms with Gasteiger partial charge in [0.1, 0.15) is 5.76 Å². The fourth-order valence-electron chi connectivity index (χ4n) is 3.07. The predicted molar refractivity (Wildman–Crippen MR) is 61.1 cm³/mol. The predicted octanol–water partition coefficient (Wildman–Crippen LogP) is 3.98. The van der Waals surface area contributed by atoms with E-state index in [-0.39, 0.29) is 0 Å². The first-order valence-electron chi connectivity index (χ1n) is 6.13. The third-order valence-electron chi connectivity index (χ3n) is 3.94. The minimum atomic E-state index is 0.534. The van der Waals surface area contributed by atoms with Gasteiger partial charge in [-0.1, -0.05) is 12.2 Å². The molecule has 1 heterocycles. The third kappa shape index (κ3) is 1.45. The van der Waals surface area contributed by atoms with Gasteiger partial charge in [0, 0.05) is 5.92 Å². The summed E-state index contributed by atoms with van der Waals surface area (Å²) in [4.78, 5) is 0. The van der Waals surface area contributed by atoms with Gasteiger partial charge in [-0.15, -0.1) is 0 Å². The summed E-state index contributed by atoms with van der Waals surface area (Å²) < 4.78 is 5.81. The topological polar surface area (TPSA) is 13.1 Å². The SMILES string of the molecule is C=C1CCCC1c1occ2c1CCCC2. The second-order valence-electron chi connectivity index (χ2n) is 4.91. The maximum Gasteiger partial charge on any atom is 0.114 e. The minimum absolute atomic E-state index is 0.534. The van der Waals surface area contributed by atoms with E-state index in [0.29, 0.717) is 5.92 Å². The van der Waals surface area contributed by atoms with Crippen LogP contribution in [0.4, 0.5) is 0 Å². The maximum absolute atomic E-state index is 5.81. The lowest BCUT2D eigenvalue weighted by molar-refractivity contribution is 0.480. The summed E-state index contributed by atoms with van der Waals surface area (Å²) in [5.74, 6) is 1.79. The molecule has 0 amide bonds. The molecule has 80 valence electrons. The monoisotopic (exact) mass is 202 g/mol. The molecular weight excluding hydrogens is 184 g/mol. The van der Waals surface area contributed by atoms with Crippen molar-refractivity contribution in [3.05, 3.63) is 35.3 Å². The Bertz CT molecular complexity index is 386. The van der Waals surface area contributed by atoms with Gasteiger partial charge in [-0.05, 0) is 56.1 Å². The number of hydrogen-bond acceptors (Lipinski definition) is 1. The van der Waals surface area contributed by atoms with Crippen molar-refractivity contribution in [1.29, 1.82) is 0 Å². The van der Waals surface area contributed by atoms with Gasteiger partial charge < -0.3 is 4.42 Å². The summed E-state index contributed by atoms with van der Waals surface area (Å²) in [6.07, 6.45) is 10.8. The van der Waals surface area contributed by atoms with Crippen molar-refractivity contribution in [1.82, 2.24) is 0 Å². The van der Waals surface area contributed by atoms with Gasteiger partial charge in [-0.25, -0.2) is 0 Å². The van der Waals surface area contributed by atoms with Gasteiger partial charge in [0.2, 0.25) is 0 Å². The molecule has 1 atom stereocenters. The molecule has 0 spiro atoms. The van der Waals surface area contributed by atoms with Gasteiger partial charge in [-0.2, -0.15) is 0 Å². The van der Waals surface area contributed by atoms with Gasteiger partial charge >= 0.3 is 0 Å². The van der Waals surface area contributed by atoms with Crippen LogP contribution in [0.15, 0.2) is 22.8 Å². The quantitative estimate of drug-likeness (QED) is 0.628. The molecule has 1 saturated carbocycles. The lowest BCUT2D eigenvalue weighted by Gasteiger charge is -2.15. The van der Waals surface area contributed by atoms with Crippen LogP contribution in [0.1, 0.15) is 54.9 Å². The van der Waals surface area contributed by atoms with Gasteiger partial charge in [0.05, 0.1) is 6.26 Å². The maximum atomic E-state index is 5.81. The van der Waals surface area contributed by atoms with Crippen LogP contribution < -0.4 is 0 Å². The molecule has 1 fully saturated rings. The first kappa shape index (κ1) is 9.26. The molecule has 0 saturated heterocycles. The van der Waals surface area contributed by atoms with Crippen molar-refractivity contribution in [3.63, 3.8) is 0 Å². The van der Waals surface area contributed by atoms with Crippen molar-refractivity contribution in [2.75, 3.05) is 0 Å². The number of furan rings is 1. The highest BCUT2D eigenvalue weighted by Gasteiger charge is 2.28. The van der Waals surface area contributed by atoms with E-state index in [1.807, 2.05) is 6.26 Å². The second kappa shape index (κ2) is 3.55. The molecule has 1 heteroatoms. The van der Waals surface area contributed by atoms with Crippen LogP contribution >= 0.6 is 0 Å². The Balaban J connectivity index is 1.97. The van der Waals surface area contributed by atoms with E-state index >= 15 is 0 Å². The number of aryl methyl sites for hydroxylation is 1. The van der Waals surface area contributed by atoms with Crippen LogP contribution in [0.3, 0.4) is 0 Å². The first-order valence-corrected chi connectivity index (χ1v) is 6.13. The molecule has 0 aliphatic heterocycles. The van der Waals surface area contributed by atoms with Crippen molar-refractivity contribution < 1.29 is 4.42 Å². The van der Waals surface area contributed by atoms with Crippen LogP contribution in [0.25, 0.3) is 0 Å². The second-order valence-corrected chi connectivity index (χ2v) is 4.91. The average molecular weight is 202 g/mol. The Morgan fingerprint density at radius 2 is 2.00 bits per heavy atom. The zero-order valence-electron chi connectivity index (χ0n) is 9.22. The number of fused-ring (bicyclic) bond motifs is 1. The Morgan fingerprint density at radius 3 is 2.80 bits per heavy atom. The number of rotatable bonds is 1. The fraction of sp³-hybridized carbons (Fsp3) is 0.571. The highest BCUT2D eigenvalue weighted by Crippen LogP contribution is 2.42. The molecule has 2 aliphatic carbocycles. The summed E-state index contributed by atoms with van der Waals surface area (Å²) in [5, 5.41) is 0. The number of hydrogen-bond donors (Lipinski definition) is 0. The summed E-state index contributed by atoms with van der Waals surface area (Å²) in [6.45, 7) is 4.18. The van der Waals surface area contributed by atoms with E-state index in [1.165, 1.54) is 67.4 Å². The van der Waals surface area contributed by atoms with Crippen LogP contribution in [-0.4, -0.2) is 0 Å². The van der Waals surface area contributed by atoms with E-state index < -0.39 is 0 Å². The van der Waals surface area contributed by atoms with Crippen LogP contribution in [0, 0.1) is 0 Å². The Hall–Kier alpha value is -0.980. The van der Waals surface area contributed by atoms with E-state index in [9.17, 15) is 0 Å². The molecule has 0 radical (unpaired) electrons. The third-order valence-corrected chi connectivity index (χ3v) is 3.94. The summed E-state index contributed by atoms with van der Waals surface area (Å²) in [5.41, 5.74) is 4.38. The fourth-order valence-corrected chi connectivity index (χ4v) is 3.07. The largest absolute Gasteiger partial charge is 0.468 e. The van der Waals surface area contributed by atoms with E-state index in [4.69, 9.17) is 4.42 Å². The smallest absolute Gasteiger partial charge is 0.114 e. The van der Waals surface area contributed by atoms with E-state index in [2.05, 4.69) is 6.58 Å². The molecule has 2 aliphatic rings. The normalized spacial score (nSPS) is 25.6. The minimum Gasteiger partial charge on any atom is -0.468 e. The molecule has 0 bridgehead atoms. The summed E-state index contributed by atoms with van der Waals surface area (Å²) in [7, 11) is 0. The van der Waals surface area contributed by atoms with Crippen molar-refractivity contribution in [2.24, 2.45) is 0 Å². The Morgan fingerprint density at radius 1 is 1.13 bits per heavy atom. The van der Waals surface area contributed by atoms with Crippen molar-refractivity contribution >= 4 is 0 Å². The molecule has 1 aromatic heterocycles. The van der Waals surface area contributed by atoms with E-state index in [1.54, 1.807) is 0 Å².